The van der Waals surface area contributed by atoms with E-state index in [2.05, 4.69) is 5.32 Å². The highest BCUT2D eigenvalue weighted by molar-refractivity contribution is 5.82. The summed E-state index contributed by atoms with van der Waals surface area (Å²) in [6.45, 7) is 8.39. The van der Waals surface area contributed by atoms with E-state index in [-0.39, 0.29) is 12.1 Å². The van der Waals surface area contributed by atoms with Crippen molar-refractivity contribution in [1.82, 2.24) is 10.2 Å². The maximum atomic E-state index is 12.0. The quantitative estimate of drug-likeness (QED) is 0.793. The van der Waals surface area contributed by atoms with Crippen LogP contribution in [0, 0.1) is 0 Å². The van der Waals surface area contributed by atoms with Crippen molar-refractivity contribution in [2.45, 2.75) is 51.9 Å². The van der Waals surface area contributed by atoms with Crippen molar-refractivity contribution in [3.8, 4) is 0 Å². The van der Waals surface area contributed by atoms with Crippen LogP contribution in [0.2, 0.25) is 0 Å². The molecule has 1 rings (SSSR count). The van der Waals surface area contributed by atoms with Crippen LogP contribution < -0.4 is 5.32 Å². The van der Waals surface area contributed by atoms with Crippen LogP contribution in [0.1, 0.15) is 34.1 Å². The third-order valence-corrected chi connectivity index (χ3v) is 2.86. The Bertz CT molecular complexity index is 330. The Labute approximate surface area is 107 Å². The molecule has 1 aliphatic heterocycles. The Balaban J connectivity index is 2.63. The summed E-state index contributed by atoms with van der Waals surface area (Å²) in [4.78, 5) is 24.5. The molecule has 0 bridgehead atoms. The normalized spacial score (nSPS) is 24.4. The summed E-state index contributed by atoms with van der Waals surface area (Å²) >= 11 is 0. The molecule has 1 fully saturated rings. The Kier molecular flexibility index (Phi) is 4.56. The fourth-order valence-electron chi connectivity index (χ4n) is 2.19. The minimum absolute atomic E-state index is 0.0515. The zero-order valence-corrected chi connectivity index (χ0v) is 11.4. The molecule has 1 saturated heterocycles. The minimum Gasteiger partial charge on any atom is -0.480 e. The molecule has 0 aromatic heterocycles. The van der Waals surface area contributed by atoms with Crippen molar-refractivity contribution in [2.24, 2.45) is 0 Å². The Morgan fingerprint density at radius 2 is 2.17 bits per heavy atom. The summed E-state index contributed by atoms with van der Waals surface area (Å²) in [6, 6.07) is -1.17. The number of hydrogen-bond donors (Lipinski definition) is 2. The maximum Gasteiger partial charge on any atom is 0.326 e. The highest BCUT2D eigenvalue weighted by Crippen LogP contribution is 2.20. The number of carboxylic acid groups (broad SMARTS) is 1. The van der Waals surface area contributed by atoms with E-state index in [4.69, 9.17) is 9.84 Å². The molecule has 0 aromatic rings. The van der Waals surface area contributed by atoms with Gasteiger partial charge >= 0.3 is 12.0 Å². The molecular formula is C12H22N2O4. The van der Waals surface area contributed by atoms with Gasteiger partial charge in [-0.05, 0) is 27.2 Å². The molecule has 2 N–H and O–H groups in total. The van der Waals surface area contributed by atoms with Gasteiger partial charge < -0.3 is 20.1 Å². The van der Waals surface area contributed by atoms with Crippen LogP contribution in [0.25, 0.3) is 0 Å². The molecule has 0 radical (unpaired) electrons. The van der Waals surface area contributed by atoms with E-state index in [1.54, 1.807) is 11.8 Å². The number of hydrogen-bond acceptors (Lipinski definition) is 3. The van der Waals surface area contributed by atoms with E-state index in [0.29, 0.717) is 19.5 Å². The lowest BCUT2D eigenvalue weighted by Gasteiger charge is -2.41. The van der Waals surface area contributed by atoms with Gasteiger partial charge in [0.1, 0.15) is 6.04 Å². The average Bonchev–Trinajstić information content (AvgIpc) is 2.22. The second kappa shape index (κ2) is 5.56. The predicted molar refractivity (Wildman–Crippen MR) is 66.4 cm³/mol. The van der Waals surface area contributed by atoms with Gasteiger partial charge in [0.2, 0.25) is 0 Å². The zero-order valence-electron chi connectivity index (χ0n) is 11.4. The van der Waals surface area contributed by atoms with Crippen molar-refractivity contribution in [2.75, 3.05) is 13.1 Å². The number of carboxylic acids is 1. The molecule has 1 heterocycles. The summed E-state index contributed by atoms with van der Waals surface area (Å²) < 4.78 is 5.69. The first-order valence-electron chi connectivity index (χ1n) is 6.21. The van der Waals surface area contributed by atoms with E-state index in [0.717, 1.165) is 0 Å². The molecule has 0 aliphatic carbocycles. The summed E-state index contributed by atoms with van der Waals surface area (Å²) in [5.41, 5.74) is -0.403. The molecule has 2 unspecified atom stereocenters. The van der Waals surface area contributed by atoms with Crippen molar-refractivity contribution >= 4 is 12.0 Å². The minimum atomic E-state index is -1.01. The monoisotopic (exact) mass is 258 g/mol. The molecule has 0 aromatic carbocycles. The first-order valence-corrected chi connectivity index (χ1v) is 6.21. The second-order valence-electron chi connectivity index (χ2n) is 5.32. The second-order valence-corrected chi connectivity index (χ2v) is 5.32. The molecule has 6 heteroatoms. The summed E-state index contributed by atoms with van der Waals surface area (Å²) in [6.07, 6.45) is 0.314. The van der Waals surface area contributed by atoms with Crippen molar-refractivity contribution in [1.29, 1.82) is 0 Å². The maximum absolute atomic E-state index is 12.0. The Morgan fingerprint density at radius 3 is 2.61 bits per heavy atom. The number of morpholine rings is 1. The molecule has 2 amide bonds. The van der Waals surface area contributed by atoms with Crippen LogP contribution in [0.5, 0.6) is 0 Å². The third-order valence-electron chi connectivity index (χ3n) is 2.86. The third kappa shape index (κ3) is 3.87. The molecule has 1 aliphatic rings. The molecule has 104 valence electrons. The lowest BCUT2D eigenvalue weighted by atomic mass is 10.1. The number of amides is 2. The summed E-state index contributed by atoms with van der Waals surface area (Å²) in [7, 11) is 0. The zero-order chi connectivity index (χ0) is 13.9. The van der Waals surface area contributed by atoms with Crippen LogP contribution in [-0.4, -0.2) is 52.8 Å². The molecule has 0 saturated carbocycles. The highest BCUT2D eigenvalue weighted by Gasteiger charge is 2.34. The van der Waals surface area contributed by atoms with Crippen LogP contribution in [0.4, 0.5) is 4.79 Å². The van der Waals surface area contributed by atoms with E-state index in [1.807, 2.05) is 20.8 Å². The van der Waals surface area contributed by atoms with Gasteiger partial charge in [-0.3, -0.25) is 0 Å². The number of nitrogens with one attached hydrogen (secondary N) is 1. The number of ether oxygens (including phenoxy) is 1. The van der Waals surface area contributed by atoms with Crippen LogP contribution in [0.15, 0.2) is 0 Å². The van der Waals surface area contributed by atoms with Gasteiger partial charge in [0.25, 0.3) is 0 Å². The number of carbonyl (C=O) groups excluding carboxylic acids is 1. The van der Waals surface area contributed by atoms with Gasteiger partial charge in [-0.25, -0.2) is 9.59 Å². The fourth-order valence-corrected chi connectivity index (χ4v) is 2.19. The molecule has 0 spiro atoms. The van der Waals surface area contributed by atoms with Gasteiger partial charge in [-0.1, -0.05) is 6.92 Å². The van der Waals surface area contributed by atoms with E-state index < -0.39 is 17.6 Å². The predicted octanol–water partition coefficient (Wildman–Crippen LogP) is 1.06. The lowest BCUT2D eigenvalue weighted by Crippen LogP contribution is -2.58. The van der Waals surface area contributed by atoms with Gasteiger partial charge in [0, 0.05) is 6.54 Å². The Morgan fingerprint density at radius 1 is 1.56 bits per heavy atom. The van der Waals surface area contributed by atoms with Gasteiger partial charge in [-0.15, -0.1) is 0 Å². The summed E-state index contributed by atoms with van der Waals surface area (Å²) in [5, 5.41) is 11.4. The van der Waals surface area contributed by atoms with Crippen molar-refractivity contribution in [3.63, 3.8) is 0 Å². The Hall–Kier alpha value is -1.30. The SMILES string of the molecule is CCC(NC(=O)N1CC(C)OC(C)(C)C1)C(=O)O. The van der Waals surface area contributed by atoms with Crippen LogP contribution >= 0.6 is 0 Å². The number of aliphatic carboxylic acids is 1. The smallest absolute Gasteiger partial charge is 0.326 e. The molecule has 18 heavy (non-hydrogen) atoms. The first kappa shape index (κ1) is 14.8. The molecule has 6 nitrogen and oxygen atoms in total. The van der Waals surface area contributed by atoms with Gasteiger partial charge in [0.05, 0.1) is 18.2 Å². The van der Waals surface area contributed by atoms with Gasteiger partial charge in [0.15, 0.2) is 0 Å². The van der Waals surface area contributed by atoms with E-state index in [1.165, 1.54) is 0 Å². The van der Waals surface area contributed by atoms with Crippen LogP contribution in [-0.2, 0) is 9.53 Å². The van der Waals surface area contributed by atoms with E-state index in [9.17, 15) is 9.59 Å². The standard InChI is InChI=1S/C12H22N2O4/c1-5-9(10(15)16)13-11(17)14-6-8(2)18-12(3,4)7-14/h8-9H,5-7H2,1-4H3,(H,13,17)(H,15,16). The number of rotatable bonds is 3. The lowest BCUT2D eigenvalue weighted by molar-refractivity contribution is -0.139. The molecule has 2 atom stereocenters. The number of urea groups is 1. The first-order chi connectivity index (χ1) is 8.25. The average molecular weight is 258 g/mol. The van der Waals surface area contributed by atoms with Crippen molar-refractivity contribution < 1.29 is 19.4 Å². The number of nitrogens with zero attached hydrogens (tertiary/aromatic N) is 1. The van der Waals surface area contributed by atoms with E-state index >= 15 is 0 Å². The molecular weight excluding hydrogens is 236 g/mol. The highest BCUT2D eigenvalue weighted by atomic mass is 16.5. The largest absolute Gasteiger partial charge is 0.480 e. The summed E-state index contributed by atoms with van der Waals surface area (Å²) in [5.74, 6) is -1.01. The van der Waals surface area contributed by atoms with Gasteiger partial charge in [-0.2, -0.15) is 0 Å². The van der Waals surface area contributed by atoms with Crippen molar-refractivity contribution in [3.05, 3.63) is 0 Å². The fraction of sp³-hybridized carbons (Fsp3) is 0.833. The topological polar surface area (TPSA) is 78.9 Å². The van der Waals surface area contributed by atoms with Crippen LogP contribution in [0.3, 0.4) is 0 Å². The number of carbonyl (C=O) groups is 2.